The number of hydrogen-bond donors (Lipinski definition) is 1. The number of anilines is 1. The third kappa shape index (κ3) is 5.34. The van der Waals surface area contributed by atoms with Crippen LogP contribution in [0.25, 0.3) is 0 Å². The zero-order valence-electron chi connectivity index (χ0n) is 16.4. The monoisotopic (exact) mass is 445 g/mol. The summed E-state index contributed by atoms with van der Waals surface area (Å²) in [6, 6.07) is 8.76. The summed E-state index contributed by atoms with van der Waals surface area (Å²) in [5.74, 6) is 0.00788. The predicted octanol–water partition coefficient (Wildman–Crippen LogP) is 4.40. The molecule has 12 heteroatoms. The van der Waals surface area contributed by atoms with E-state index in [1.807, 2.05) is 0 Å². The maximum Gasteiger partial charge on any atom is 0.309 e. The standard InChI is InChI=1S/C19H16ClN5O6/c1-11-5-13(20)3-4-18(11)31-16-7-14(6-15(8-16)24(27)28)21-19(26)10-23-9-17(25(29)30)12(2)22-23/h3-9H,10H2,1-2H3,(H,21,26). The Morgan fingerprint density at radius 3 is 2.52 bits per heavy atom. The largest absolute Gasteiger partial charge is 0.457 e. The molecule has 1 N–H and O–H groups in total. The smallest absolute Gasteiger partial charge is 0.309 e. The van der Waals surface area contributed by atoms with Gasteiger partial charge >= 0.3 is 5.69 Å². The Bertz CT molecular complexity index is 1190. The molecule has 0 saturated carbocycles. The molecule has 0 radical (unpaired) electrons. The molecule has 31 heavy (non-hydrogen) atoms. The Balaban J connectivity index is 1.81. The van der Waals surface area contributed by atoms with Gasteiger partial charge in [-0.1, -0.05) is 11.6 Å². The van der Waals surface area contributed by atoms with E-state index in [1.165, 1.54) is 25.1 Å². The molecule has 0 bridgehead atoms. The number of nitrogens with zero attached hydrogens (tertiary/aromatic N) is 4. The molecule has 0 atom stereocenters. The number of ether oxygens (including phenoxy) is 1. The van der Waals surface area contributed by atoms with E-state index in [2.05, 4.69) is 10.4 Å². The average molecular weight is 446 g/mol. The summed E-state index contributed by atoms with van der Waals surface area (Å²) >= 11 is 5.93. The van der Waals surface area contributed by atoms with Crippen LogP contribution in [0.3, 0.4) is 0 Å². The molecule has 160 valence electrons. The van der Waals surface area contributed by atoms with E-state index in [0.717, 1.165) is 16.4 Å². The van der Waals surface area contributed by atoms with E-state index < -0.39 is 15.8 Å². The van der Waals surface area contributed by atoms with Gasteiger partial charge in [0.1, 0.15) is 29.9 Å². The second-order valence-electron chi connectivity index (χ2n) is 6.59. The molecule has 0 fully saturated rings. The number of amides is 1. The number of aryl methyl sites for hydroxylation is 2. The van der Waals surface area contributed by atoms with Crippen molar-refractivity contribution in [3.05, 3.63) is 79.1 Å². The van der Waals surface area contributed by atoms with Crippen molar-refractivity contribution < 1.29 is 19.4 Å². The molecule has 3 aromatic rings. The molecule has 0 aliphatic heterocycles. The predicted molar refractivity (Wildman–Crippen MR) is 112 cm³/mol. The number of nitrogens with one attached hydrogen (secondary N) is 1. The van der Waals surface area contributed by atoms with Crippen LogP contribution in [-0.4, -0.2) is 25.5 Å². The highest BCUT2D eigenvalue weighted by Crippen LogP contribution is 2.32. The zero-order chi connectivity index (χ0) is 22.7. The van der Waals surface area contributed by atoms with E-state index in [0.29, 0.717) is 10.8 Å². The fraction of sp³-hybridized carbons (Fsp3) is 0.158. The summed E-state index contributed by atoms with van der Waals surface area (Å²) in [4.78, 5) is 33.3. The van der Waals surface area contributed by atoms with Gasteiger partial charge in [0.05, 0.1) is 21.6 Å². The van der Waals surface area contributed by atoms with Crippen molar-refractivity contribution >= 4 is 34.6 Å². The van der Waals surface area contributed by atoms with Gasteiger partial charge in [0.15, 0.2) is 0 Å². The van der Waals surface area contributed by atoms with Crippen molar-refractivity contribution in [3.63, 3.8) is 0 Å². The fourth-order valence-corrected chi connectivity index (χ4v) is 3.02. The molecule has 1 aromatic heterocycles. The maximum absolute atomic E-state index is 12.3. The normalized spacial score (nSPS) is 10.5. The van der Waals surface area contributed by atoms with Gasteiger partial charge in [-0.25, -0.2) is 0 Å². The Labute approximate surface area is 180 Å². The highest BCUT2D eigenvalue weighted by atomic mass is 35.5. The van der Waals surface area contributed by atoms with Crippen molar-refractivity contribution in [2.75, 3.05) is 5.32 Å². The van der Waals surface area contributed by atoms with Crippen LogP contribution >= 0.6 is 11.6 Å². The molecule has 0 unspecified atom stereocenters. The minimum atomic E-state index is -0.614. The van der Waals surface area contributed by atoms with E-state index >= 15 is 0 Å². The summed E-state index contributed by atoms with van der Waals surface area (Å²) in [6.07, 6.45) is 1.14. The van der Waals surface area contributed by atoms with Crippen molar-refractivity contribution in [1.29, 1.82) is 0 Å². The molecule has 0 aliphatic rings. The van der Waals surface area contributed by atoms with E-state index in [1.54, 1.807) is 25.1 Å². The van der Waals surface area contributed by atoms with Gasteiger partial charge in [0.2, 0.25) is 5.91 Å². The van der Waals surface area contributed by atoms with Crippen molar-refractivity contribution in [1.82, 2.24) is 9.78 Å². The lowest BCUT2D eigenvalue weighted by atomic mass is 10.2. The Kier molecular flexibility index (Phi) is 6.16. The molecular weight excluding hydrogens is 430 g/mol. The second-order valence-corrected chi connectivity index (χ2v) is 7.02. The molecule has 0 aliphatic carbocycles. The first-order valence-corrected chi connectivity index (χ1v) is 9.22. The zero-order valence-corrected chi connectivity index (χ0v) is 17.1. The topological polar surface area (TPSA) is 142 Å². The van der Waals surface area contributed by atoms with Crippen LogP contribution in [0.5, 0.6) is 11.5 Å². The van der Waals surface area contributed by atoms with Crippen molar-refractivity contribution in [2.24, 2.45) is 0 Å². The molecule has 11 nitrogen and oxygen atoms in total. The quantitative estimate of drug-likeness (QED) is 0.419. The summed E-state index contributed by atoms with van der Waals surface area (Å²) in [6.45, 7) is 2.91. The van der Waals surface area contributed by atoms with E-state index in [4.69, 9.17) is 16.3 Å². The first-order valence-electron chi connectivity index (χ1n) is 8.84. The van der Waals surface area contributed by atoms with Gasteiger partial charge < -0.3 is 10.1 Å². The summed E-state index contributed by atoms with van der Waals surface area (Å²) in [5, 5.41) is 29.2. The SMILES string of the molecule is Cc1cc(Cl)ccc1Oc1cc(NC(=O)Cn2cc([N+](=O)[O-])c(C)n2)cc([N+](=O)[O-])c1. The Hall–Kier alpha value is -3.99. The first-order chi connectivity index (χ1) is 14.6. The third-order valence-electron chi connectivity index (χ3n) is 4.17. The van der Waals surface area contributed by atoms with Crippen molar-refractivity contribution in [2.45, 2.75) is 20.4 Å². The molecule has 1 heterocycles. The lowest BCUT2D eigenvalue weighted by Gasteiger charge is -2.11. The number of carbonyl (C=O) groups is 1. The summed E-state index contributed by atoms with van der Waals surface area (Å²) in [5.41, 5.74) is 0.517. The highest BCUT2D eigenvalue weighted by molar-refractivity contribution is 6.30. The lowest BCUT2D eigenvalue weighted by molar-refractivity contribution is -0.385. The number of aromatic nitrogens is 2. The van der Waals surface area contributed by atoms with Crippen LogP contribution in [-0.2, 0) is 11.3 Å². The Morgan fingerprint density at radius 2 is 1.90 bits per heavy atom. The second kappa shape index (κ2) is 8.79. The number of carbonyl (C=O) groups excluding carboxylic acids is 1. The van der Waals surface area contributed by atoms with E-state index in [9.17, 15) is 25.0 Å². The van der Waals surface area contributed by atoms with Crippen LogP contribution in [0, 0.1) is 34.1 Å². The van der Waals surface area contributed by atoms with Crippen LogP contribution in [0.1, 0.15) is 11.3 Å². The average Bonchev–Trinajstić information content (AvgIpc) is 3.04. The highest BCUT2D eigenvalue weighted by Gasteiger charge is 2.18. The number of non-ortho nitro benzene ring substituents is 1. The Morgan fingerprint density at radius 1 is 1.16 bits per heavy atom. The van der Waals surface area contributed by atoms with Crippen LogP contribution in [0.4, 0.5) is 17.1 Å². The van der Waals surface area contributed by atoms with Gasteiger partial charge in [-0.2, -0.15) is 5.10 Å². The number of rotatable bonds is 7. The third-order valence-corrected chi connectivity index (χ3v) is 4.41. The van der Waals surface area contributed by atoms with Gasteiger partial charge in [0.25, 0.3) is 5.69 Å². The fourth-order valence-electron chi connectivity index (χ4n) is 2.79. The molecular formula is C19H16ClN5O6. The minimum absolute atomic E-state index is 0.124. The lowest BCUT2D eigenvalue weighted by Crippen LogP contribution is -2.19. The maximum atomic E-state index is 12.3. The number of halogens is 1. The number of nitro groups is 2. The summed E-state index contributed by atoms with van der Waals surface area (Å²) in [7, 11) is 0. The van der Waals surface area contributed by atoms with Gasteiger partial charge in [-0.3, -0.25) is 29.7 Å². The van der Waals surface area contributed by atoms with Crippen LogP contribution in [0.2, 0.25) is 5.02 Å². The van der Waals surface area contributed by atoms with E-state index in [-0.39, 0.29) is 35.1 Å². The molecule has 3 rings (SSSR count). The van der Waals surface area contributed by atoms with Gasteiger partial charge in [0, 0.05) is 17.2 Å². The summed E-state index contributed by atoms with van der Waals surface area (Å²) < 4.78 is 6.85. The molecule has 0 saturated heterocycles. The number of nitro benzene ring substituents is 1. The minimum Gasteiger partial charge on any atom is -0.457 e. The molecule has 0 spiro atoms. The van der Waals surface area contributed by atoms with Crippen LogP contribution < -0.4 is 10.1 Å². The van der Waals surface area contributed by atoms with Gasteiger partial charge in [-0.05, 0) is 37.6 Å². The van der Waals surface area contributed by atoms with Crippen LogP contribution in [0.15, 0.2) is 42.6 Å². The molecule has 1 amide bonds. The molecule has 2 aromatic carbocycles. The number of benzene rings is 2. The van der Waals surface area contributed by atoms with Gasteiger partial charge in [-0.15, -0.1) is 0 Å². The number of hydrogen-bond acceptors (Lipinski definition) is 7. The van der Waals surface area contributed by atoms with Crippen molar-refractivity contribution in [3.8, 4) is 11.5 Å². The first kappa shape index (κ1) is 21.7.